The van der Waals surface area contributed by atoms with Crippen LogP contribution in [0, 0.1) is 6.92 Å². The number of hydrogen-bond donors (Lipinski definition) is 2. The second-order valence-electron chi connectivity index (χ2n) is 13.0. The number of nitrogens with zero attached hydrogens (tertiary/aromatic N) is 6. The molecule has 0 unspecified atom stereocenters. The molecule has 3 N–H and O–H groups in total. The number of oxazole rings is 1. The van der Waals surface area contributed by atoms with Crippen LogP contribution >= 0.6 is 0 Å². The number of hydrogen-bond acceptors (Lipinski definition) is 9. The van der Waals surface area contributed by atoms with Crippen molar-refractivity contribution in [2.24, 2.45) is 0 Å². The number of fused-ring (bicyclic) bond motifs is 2. The summed E-state index contributed by atoms with van der Waals surface area (Å²) in [7, 11) is 0. The summed E-state index contributed by atoms with van der Waals surface area (Å²) in [6.45, 7) is 12.4. The molecule has 224 valence electrons. The average Bonchev–Trinajstić information content (AvgIpc) is 3.60. The van der Waals surface area contributed by atoms with Gasteiger partial charge in [-0.15, -0.1) is 0 Å². The van der Waals surface area contributed by atoms with Crippen LogP contribution in [0.1, 0.15) is 63.6 Å². The number of nitrogens with one attached hydrogen (secondary N) is 1. The zero-order valence-corrected chi connectivity index (χ0v) is 25.4. The molecular formula is C33H40N8O2. The lowest BCUT2D eigenvalue weighted by Gasteiger charge is -2.38. The Morgan fingerprint density at radius 2 is 1.67 bits per heavy atom. The fraction of sp³-hybridized carbons (Fsp3) is 0.455. The molecule has 43 heavy (non-hydrogen) atoms. The van der Waals surface area contributed by atoms with Crippen LogP contribution in [0.25, 0.3) is 33.4 Å². The summed E-state index contributed by atoms with van der Waals surface area (Å²) in [6.07, 6.45) is 5.96. The Hall–Kier alpha value is -4.02. The zero-order chi connectivity index (χ0) is 29.7. The van der Waals surface area contributed by atoms with Gasteiger partial charge in [0, 0.05) is 30.4 Å². The molecule has 2 fully saturated rings. The summed E-state index contributed by atoms with van der Waals surface area (Å²) in [4.78, 5) is 16.3. The zero-order valence-electron chi connectivity index (χ0n) is 25.4. The highest BCUT2D eigenvalue weighted by molar-refractivity contribution is 5.98. The third kappa shape index (κ3) is 5.34. The predicted octanol–water partition coefficient (Wildman–Crippen LogP) is 6.38. The molecule has 1 aliphatic carbocycles. The number of nitrogen functional groups attached to an aromatic ring is 1. The maximum Gasteiger partial charge on any atom is 0.300 e. The SMILES string of the molecule is Cc1cc(C(C)(C)C)cc2nc(Nc3ccc(-c4nn(C5CCC(N6CCOCC6)CC5)c5ncnc(N)c45)cc3)oc12. The van der Waals surface area contributed by atoms with Gasteiger partial charge in [-0.1, -0.05) is 39.0 Å². The normalized spacial score (nSPS) is 20.2. The molecule has 1 saturated carbocycles. The molecule has 10 nitrogen and oxygen atoms in total. The molecule has 2 aliphatic rings. The molecule has 0 spiro atoms. The Balaban J connectivity index is 1.13. The molecule has 0 atom stereocenters. The third-order valence-corrected chi connectivity index (χ3v) is 9.04. The average molecular weight is 581 g/mol. The number of aryl methyl sites for hydroxylation is 1. The van der Waals surface area contributed by atoms with E-state index in [4.69, 9.17) is 25.0 Å². The van der Waals surface area contributed by atoms with Crippen LogP contribution in [0.5, 0.6) is 0 Å². The highest BCUT2D eigenvalue weighted by Crippen LogP contribution is 2.38. The van der Waals surface area contributed by atoms with Gasteiger partial charge in [-0.25, -0.2) is 14.6 Å². The van der Waals surface area contributed by atoms with Crippen molar-refractivity contribution in [3.05, 3.63) is 53.9 Å². The van der Waals surface area contributed by atoms with Gasteiger partial charge in [-0.2, -0.15) is 10.1 Å². The molecular weight excluding hydrogens is 540 g/mol. The van der Waals surface area contributed by atoms with E-state index < -0.39 is 0 Å². The topological polar surface area (TPSA) is 120 Å². The second kappa shape index (κ2) is 10.9. The van der Waals surface area contributed by atoms with Gasteiger partial charge >= 0.3 is 0 Å². The first-order valence-corrected chi connectivity index (χ1v) is 15.3. The highest BCUT2D eigenvalue weighted by Gasteiger charge is 2.30. The van der Waals surface area contributed by atoms with E-state index in [9.17, 15) is 0 Å². The molecule has 0 amide bonds. The molecule has 0 radical (unpaired) electrons. The lowest BCUT2D eigenvalue weighted by atomic mass is 9.86. The van der Waals surface area contributed by atoms with E-state index in [1.807, 2.05) is 24.3 Å². The number of anilines is 3. The van der Waals surface area contributed by atoms with Gasteiger partial charge in [-0.3, -0.25) is 4.90 Å². The highest BCUT2D eigenvalue weighted by atomic mass is 16.5. The van der Waals surface area contributed by atoms with Gasteiger partial charge in [0.1, 0.15) is 23.4 Å². The smallest absolute Gasteiger partial charge is 0.300 e. The third-order valence-electron chi connectivity index (χ3n) is 9.04. The van der Waals surface area contributed by atoms with E-state index in [0.717, 1.165) is 96.6 Å². The van der Waals surface area contributed by atoms with E-state index in [-0.39, 0.29) is 11.5 Å². The minimum absolute atomic E-state index is 0.0369. The minimum atomic E-state index is 0.0369. The van der Waals surface area contributed by atoms with Crippen molar-refractivity contribution in [1.29, 1.82) is 0 Å². The van der Waals surface area contributed by atoms with Crippen molar-refractivity contribution in [2.45, 2.75) is 70.9 Å². The number of nitrogens with two attached hydrogens (primary N) is 1. The van der Waals surface area contributed by atoms with Crippen molar-refractivity contribution in [3.8, 4) is 11.3 Å². The molecule has 0 bridgehead atoms. The van der Waals surface area contributed by atoms with Crippen LogP contribution in [0.3, 0.4) is 0 Å². The number of ether oxygens (including phenoxy) is 1. The van der Waals surface area contributed by atoms with Crippen molar-refractivity contribution in [3.63, 3.8) is 0 Å². The fourth-order valence-corrected chi connectivity index (χ4v) is 6.58. The summed E-state index contributed by atoms with van der Waals surface area (Å²) in [5.41, 5.74) is 13.9. The molecule has 7 rings (SSSR count). The quantitative estimate of drug-likeness (QED) is 0.244. The standard InChI is InChI=1S/C33H40N8O2/c1-20-17-22(33(2,3)4)18-26-29(20)43-32(38-26)37-23-7-5-21(6-8-23)28-27-30(34)35-19-36-31(27)41(39-28)25-11-9-24(10-12-25)40-13-15-42-16-14-40/h5-8,17-19,24-25H,9-16H2,1-4H3,(H,37,38)(H2,34,35,36). The Morgan fingerprint density at radius 3 is 2.40 bits per heavy atom. The fourth-order valence-electron chi connectivity index (χ4n) is 6.58. The van der Waals surface area contributed by atoms with Gasteiger partial charge in [0.2, 0.25) is 0 Å². The Labute approximate surface area is 251 Å². The van der Waals surface area contributed by atoms with Gasteiger partial charge in [0.25, 0.3) is 6.01 Å². The molecule has 3 aromatic heterocycles. The maximum atomic E-state index is 6.42. The van der Waals surface area contributed by atoms with E-state index >= 15 is 0 Å². The van der Waals surface area contributed by atoms with Crippen molar-refractivity contribution in [1.82, 2.24) is 29.6 Å². The summed E-state index contributed by atoms with van der Waals surface area (Å²) in [5.74, 6) is 0.451. The maximum absolute atomic E-state index is 6.42. The minimum Gasteiger partial charge on any atom is -0.423 e. The first-order valence-electron chi connectivity index (χ1n) is 15.3. The Kier molecular flexibility index (Phi) is 7.05. The van der Waals surface area contributed by atoms with Crippen LogP contribution < -0.4 is 11.1 Å². The van der Waals surface area contributed by atoms with E-state index in [0.29, 0.717) is 17.9 Å². The summed E-state index contributed by atoms with van der Waals surface area (Å²) in [5, 5.41) is 9.25. The van der Waals surface area contributed by atoms with Gasteiger partial charge in [-0.05, 0) is 67.3 Å². The van der Waals surface area contributed by atoms with Gasteiger partial charge < -0.3 is 20.2 Å². The summed E-state index contributed by atoms with van der Waals surface area (Å²) < 4.78 is 13.7. The lowest BCUT2D eigenvalue weighted by Crippen LogP contribution is -2.45. The Morgan fingerprint density at radius 1 is 0.953 bits per heavy atom. The summed E-state index contributed by atoms with van der Waals surface area (Å²) >= 11 is 0. The Bertz CT molecular complexity index is 1750. The van der Waals surface area contributed by atoms with Crippen molar-refractivity contribution < 1.29 is 9.15 Å². The molecule has 10 heteroatoms. The van der Waals surface area contributed by atoms with Crippen LogP contribution in [0.2, 0.25) is 0 Å². The number of aromatic nitrogens is 5. The predicted molar refractivity (Wildman–Crippen MR) is 170 cm³/mol. The van der Waals surface area contributed by atoms with Crippen molar-refractivity contribution >= 4 is 39.7 Å². The van der Waals surface area contributed by atoms with Crippen LogP contribution in [-0.4, -0.2) is 62.0 Å². The van der Waals surface area contributed by atoms with Crippen LogP contribution in [-0.2, 0) is 10.2 Å². The largest absolute Gasteiger partial charge is 0.423 e. The molecule has 4 heterocycles. The van der Waals surface area contributed by atoms with Gasteiger partial charge in [0.15, 0.2) is 11.2 Å². The first-order chi connectivity index (χ1) is 20.7. The lowest BCUT2D eigenvalue weighted by molar-refractivity contribution is 0.00520. The number of rotatable bonds is 5. The van der Waals surface area contributed by atoms with Crippen molar-refractivity contribution in [2.75, 3.05) is 37.4 Å². The molecule has 5 aromatic rings. The van der Waals surface area contributed by atoms with Gasteiger partial charge in [0.05, 0.1) is 24.6 Å². The molecule has 2 aromatic carbocycles. The van der Waals surface area contributed by atoms with E-state index in [1.165, 1.54) is 5.56 Å². The molecule has 1 aliphatic heterocycles. The van der Waals surface area contributed by atoms with Crippen LogP contribution in [0.4, 0.5) is 17.5 Å². The van der Waals surface area contributed by atoms with E-state index in [2.05, 4.69) is 64.7 Å². The van der Waals surface area contributed by atoms with E-state index in [1.54, 1.807) is 6.33 Å². The molecule has 1 saturated heterocycles. The first kappa shape index (κ1) is 27.8. The monoisotopic (exact) mass is 580 g/mol. The van der Waals surface area contributed by atoms with Crippen LogP contribution in [0.15, 0.2) is 47.1 Å². The number of morpholine rings is 1. The number of benzene rings is 2. The second-order valence-corrected chi connectivity index (χ2v) is 13.0. The summed E-state index contributed by atoms with van der Waals surface area (Å²) in [6, 6.07) is 13.8.